The minimum atomic E-state index is -3.99. The van der Waals surface area contributed by atoms with Gasteiger partial charge in [0.25, 0.3) is 21.6 Å². The van der Waals surface area contributed by atoms with Crippen LogP contribution >= 0.6 is 0 Å². The molecule has 0 aliphatic rings. The number of hydrogen-bond acceptors (Lipinski definition) is 6. The molecule has 2 N–H and O–H groups in total. The number of nitro benzene ring substituents is 1. The Morgan fingerprint density at radius 1 is 1.19 bits per heavy atom. The maximum absolute atomic E-state index is 12.3. The molecule has 0 spiro atoms. The van der Waals surface area contributed by atoms with Gasteiger partial charge >= 0.3 is 0 Å². The van der Waals surface area contributed by atoms with Gasteiger partial charge in [-0.25, -0.2) is 8.42 Å². The molecule has 0 radical (unpaired) electrons. The summed E-state index contributed by atoms with van der Waals surface area (Å²) in [6.45, 7) is 0.739. The number of non-ortho nitro benzene ring substituents is 1. The zero-order valence-corrected chi connectivity index (χ0v) is 14.7. The maximum Gasteiger partial charge on any atom is 0.270 e. The number of benzene rings is 2. The number of anilines is 1. The average molecular weight is 379 g/mol. The molecule has 9 nitrogen and oxygen atoms in total. The number of rotatable bonds is 8. The smallest absolute Gasteiger partial charge is 0.270 e. The van der Waals surface area contributed by atoms with Crippen LogP contribution in [0.25, 0.3) is 0 Å². The summed E-state index contributed by atoms with van der Waals surface area (Å²) in [6, 6.07) is 10.5. The highest BCUT2D eigenvalue weighted by atomic mass is 32.2. The van der Waals surface area contributed by atoms with Crippen LogP contribution in [0.4, 0.5) is 11.4 Å². The molecule has 2 aromatic carbocycles. The number of sulfonamides is 1. The van der Waals surface area contributed by atoms with Crippen molar-refractivity contribution in [3.05, 3.63) is 64.2 Å². The average Bonchev–Trinajstić information content (AvgIpc) is 2.62. The van der Waals surface area contributed by atoms with Crippen LogP contribution in [0.1, 0.15) is 10.4 Å². The zero-order valence-electron chi connectivity index (χ0n) is 13.8. The third-order valence-electron chi connectivity index (χ3n) is 3.33. The van der Waals surface area contributed by atoms with Crippen molar-refractivity contribution in [1.29, 1.82) is 0 Å². The van der Waals surface area contributed by atoms with Gasteiger partial charge in [0.05, 0.1) is 16.4 Å². The number of carbonyl (C=O) groups excluding carboxylic acids is 1. The lowest BCUT2D eigenvalue weighted by molar-refractivity contribution is -0.385. The van der Waals surface area contributed by atoms with Crippen molar-refractivity contribution >= 4 is 27.3 Å². The molecule has 0 atom stereocenters. The Hall–Kier alpha value is -2.98. The second kappa shape index (κ2) is 8.41. The lowest BCUT2D eigenvalue weighted by atomic mass is 10.2. The second-order valence-corrected chi connectivity index (χ2v) is 6.87. The highest BCUT2D eigenvalue weighted by molar-refractivity contribution is 7.92. The fourth-order valence-corrected chi connectivity index (χ4v) is 3.13. The van der Waals surface area contributed by atoms with Crippen LogP contribution in [0.3, 0.4) is 0 Å². The first-order valence-corrected chi connectivity index (χ1v) is 8.96. The molecule has 138 valence electrons. The molecular weight excluding hydrogens is 362 g/mol. The Balaban J connectivity index is 2.11. The molecule has 0 saturated carbocycles. The summed E-state index contributed by atoms with van der Waals surface area (Å²) in [6.07, 6.45) is 0. The van der Waals surface area contributed by atoms with Gasteiger partial charge in [0.2, 0.25) is 0 Å². The van der Waals surface area contributed by atoms with Gasteiger partial charge in [0.1, 0.15) is 0 Å². The minimum Gasteiger partial charge on any atom is -0.383 e. The summed E-state index contributed by atoms with van der Waals surface area (Å²) in [5.74, 6) is -0.310. The first-order chi connectivity index (χ1) is 12.3. The summed E-state index contributed by atoms with van der Waals surface area (Å²) >= 11 is 0. The topological polar surface area (TPSA) is 128 Å². The van der Waals surface area contributed by atoms with Gasteiger partial charge in [-0.2, -0.15) is 0 Å². The van der Waals surface area contributed by atoms with E-state index in [2.05, 4.69) is 10.0 Å². The first-order valence-electron chi connectivity index (χ1n) is 7.48. The first kappa shape index (κ1) is 19.3. The molecule has 1 amide bonds. The SMILES string of the molecule is COCCNC(=O)c1ccc(NS(=O)(=O)c2cccc([N+](=O)[O-])c2)cc1. The number of hydrogen-bond donors (Lipinski definition) is 2. The van der Waals surface area contributed by atoms with Crippen LogP contribution in [-0.2, 0) is 14.8 Å². The number of carbonyl (C=O) groups is 1. The normalized spacial score (nSPS) is 11.0. The molecule has 26 heavy (non-hydrogen) atoms. The van der Waals surface area contributed by atoms with Gasteiger partial charge in [-0.05, 0) is 30.3 Å². The van der Waals surface area contributed by atoms with Gasteiger partial charge in [-0.3, -0.25) is 19.6 Å². The quantitative estimate of drug-likeness (QED) is 0.409. The van der Waals surface area contributed by atoms with Crippen LogP contribution in [0.15, 0.2) is 53.4 Å². The summed E-state index contributed by atoms with van der Waals surface area (Å²) in [5.41, 5.74) is 0.264. The molecule has 0 aromatic heterocycles. The third kappa shape index (κ3) is 5.01. The van der Waals surface area contributed by atoms with Crippen LogP contribution in [-0.4, -0.2) is 39.5 Å². The van der Waals surface area contributed by atoms with Crippen molar-refractivity contribution in [2.75, 3.05) is 25.0 Å². The Morgan fingerprint density at radius 2 is 1.88 bits per heavy atom. The van der Waals surface area contributed by atoms with Crippen molar-refractivity contribution in [1.82, 2.24) is 5.32 Å². The van der Waals surface area contributed by atoms with Crippen LogP contribution in [0, 0.1) is 10.1 Å². The van der Waals surface area contributed by atoms with Crippen LogP contribution in [0.5, 0.6) is 0 Å². The predicted octanol–water partition coefficient (Wildman–Crippen LogP) is 1.77. The number of ether oxygens (including phenoxy) is 1. The number of amides is 1. The second-order valence-electron chi connectivity index (χ2n) is 5.19. The van der Waals surface area contributed by atoms with E-state index in [4.69, 9.17) is 4.74 Å². The zero-order chi connectivity index (χ0) is 19.2. The van der Waals surface area contributed by atoms with E-state index < -0.39 is 14.9 Å². The maximum atomic E-state index is 12.3. The van der Waals surface area contributed by atoms with E-state index in [1.165, 1.54) is 49.6 Å². The largest absolute Gasteiger partial charge is 0.383 e. The molecule has 0 unspecified atom stereocenters. The van der Waals surface area contributed by atoms with Gasteiger partial charge in [0.15, 0.2) is 0 Å². The monoisotopic (exact) mass is 379 g/mol. The molecule has 0 aliphatic carbocycles. The summed E-state index contributed by atoms with van der Waals surface area (Å²) in [4.78, 5) is 21.7. The van der Waals surface area contributed by atoms with E-state index in [1.807, 2.05) is 0 Å². The van der Waals surface area contributed by atoms with Crippen LogP contribution < -0.4 is 10.0 Å². The summed E-state index contributed by atoms with van der Waals surface area (Å²) < 4.78 is 31.8. The molecule has 0 saturated heterocycles. The number of nitrogens with one attached hydrogen (secondary N) is 2. The number of nitrogens with zero attached hydrogens (tertiary/aromatic N) is 1. The molecule has 0 fully saturated rings. The van der Waals surface area contributed by atoms with Crippen molar-refractivity contribution in [2.45, 2.75) is 4.90 Å². The fourth-order valence-electron chi connectivity index (χ4n) is 2.04. The molecule has 2 rings (SSSR count). The number of nitro groups is 1. The van der Waals surface area contributed by atoms with Gasteiger partial charge in [-0.1, -0.05) is 6.07 Å². The van der Waals surface area contributed by atoms with E-state index in [0.29, 0.717) is 18.7 Å². The van der Waals surface area contributed by atoms with Crippen molar-refractivity contribution in [2.24, 2.45) is 0 Å². The predicted molar refractivity (Wildman–Crippen MR) is 94.6 cm³/mol. The van der Waals surface area contributed by atoms with E-state index in [-0.39, 0.29) is 22.2 Å². The Morgan fingerprint density at radius 3 is 2.50 bits per heavy atom. The van der Waals surface area contributed by atoms with E-state index in [0.717, 1.165) is 6.07 Å². The number of methoxy groups -OCH3 is 1. The van der Waals surface area contributed by atoms with E-state index >= 15 is 0 Å². The van der Waals surface area contributed by atoms with E-state index in [9.17, 15) is 23.3 Å². The van der Waals surface area contributed by atoms with Crippen molar-refractivity contribution in [3.8, 4) is 0 Å². The standard InChI is InChI=1S/C16H17N3O6S/c1-25-10-9-17-16(20)12-5-7-13(8-6-12)18-26(23,24)15-4-2-3-14(11-15)19(21)22/h2-8,11,18H,9-10H2,1H3,(H,17,20). The Bertz CT molecular complexity index is 896. The van der Waals surface area contributed by atoms with Gasteiger partial charge in [-0.15, -0.1) is 0 Å². The fraction of sp³-hybridized carbons (Fsp3) is 0.188. The lowest BCUT2D eigenvalue weighted by Crippen LogP contribution is -2.26. The summed E-state index contributed by atoms with van der Waals surface area (Å²) in [5, 5.41) is 13.4. The molecular formula is C16H17N3O6S. The molecule has 0 aliphatic heterocycles. The highest BCUT2D eigenvalue weighted by Gasteiger charge is 2.18. The Kier molecular flexibility index (Phi) is 6.26. The molecule has 0 bridgehead atoms. The van der Waals surface area contributed by atoms with Crippen molar-refractivity contribution in [3.63, 3.8) is 0 Å². The third-order valence-corrected chi connectivity index (χ3v) is 4.71. The lowest BCUT2D eigenvalue weighted by Gasteiger charge is -2.09. The molecule has 0 heterocycles. The minimum absolute atomic E-state index is 0.227. The van der Waals surface area contributed by atoms with Gasteiger partial charge < -0.3 is 10.1 Å². The summed E-state index contributed by atoms with van der Waals surface area (Å²) in [7, 11) is -2.47. The van der Waals surface area contributed by atoms with Crippen LogP contribution in [0.2, 0.25) is 0 Å². The molecule has 10 heteroatoms. The van der Waals surface area contributed by atoms with Crippen molar-refractivity contribution < 1.29 is 22.9 Å². The molecule has 2 aromatic rings. The highest BCUT2D eigenvalue weighted by Crippen LogP contribution is 2.20. The van der Waals surface area contributed by atoms with E-state index in [1.54, 1.807) is 0 Å². The Labute approximate surface area is 150 Å². The van der Waals surface area contributed by atoms with Gasteiger partial charge in [0, 0.05) is 37.0 Å².